The van der Waals surface area contributed by atoms with Crippen molar-refractivity contribution in [3.8, 4) is 0 Å². The van der Waals surface area contributed by atoms with Gasteiger partial charge in [-0.05, 0) is 43.4 Å². The molecular weight excluding hydrogens is 279 g/mol. The Balaban J connectivity index is 1.78. The highest BCUT2D eigenvalue weighted by molar-refractivity contribution is 7.89. The monoisotopic (exact) mass is 298 g/mol. The first kappa shape index (κ1) is 14.0. The zero-order valence-corrected chi connectivity index (χ0v) is 12.3. The molecule has 1 aromatic rings. The molecule has 1 N–H and O–H groups in total. The van der Waals surface area contributed by atoms with E-state index in [9.17, 15) is 12.8 Å². The minimum Gasteiger partial charge on any atom is -0.310 e. The second-order valence-electron chi connectivity index (χ2n) is 5.67. The van der Waals surface area contributed by atoms with Crippen molar-refractivity contribution in [1.29, 1.82) is 0 Å². The maximum Gasteiger partial charge on any atom is 0.245 e. The fraction of sp³-hybridized carbons (Fsp3) is 0.571. The lowest BCUT2D eigenvalue weighted by Gasteiger charge is -2.17. The Labute approximate surface area is 119 Å². The van der Waals surface area contributed by atoms with Gasteiger partial charge < -0.3 is 5.32 Å². The van der Waals surface area contributed by atoms with Crippen molar-refractivity contribution in [2.45, 2.75) is 49.2 Å². The molecule has 0 saturated heterocycles. The molecule has 2 saturated carbocycles. The van der Waals surface area contributed by atoms with E-state index in [4.69, 9.17) is 0 Å². The van der Waals surface area contributed by atoms with E-state index in [-0.39, 0.29) is 10.9 Å². The molecule has 110 valence electrons. The molecule has 0 aromatic heterocycles. The maximum atomic E-state index is 14.1. The minimum absolute atomic E-state index is 0.0376. The molecule has 2 aliphatic carbocycles. The predicted molar refractivity (Wildman–Crippen MR) is 74.2 cm³/mol. The molecular formula is C14H19FN2O2S. The van der Waals surface area contributed by atoms with Crippen molar-refractivity contribution >= 4 is 10.0 Å². The number of halogens is 1. The summed E-state index contributed by atoms with van der Waals surface area (Å²) >= 11 is 0. The van der Waals surface area contributed by atoms with Gasteiger partial charge in [-0.3, -0.25) is 0 Å². The first-order chi connectivity index (χ1) is 9.48. The van der Waals surface area contributed by atoms with Gasteiger partial charge in [0.1, 0.15) is 10.7 Å². The molecule has 3 rings (SSSR count). The number of benzene rings is 1. The van der Waals surface area contributed by atoms with Crippen LogP contribution in [0.4, 0.5) is 4.39 Å². The quantitative estimate of drug-likeness (QED) is 0.872. The maximum absolute atomic E-state index is 14.1. The van der Waals surface area contributed by atoms with Crippen LogP contribution in [-0.2, 0) is 16.6 Å². The molecule has 2 fully saturated rings. The molecule has 6 heteroatoms. The van der Waals surface area contributed by atoms with Crippen LogP contribution in [0.2, 0.25) is 0 Å². The van der Waals surface area contributed by atoms with E-state index in [1.807, 2.05) is 0 Å². The molecule has 0 unspecified atom stereocenters. The first-order valence-electron chi connectivity index (χ1n) is 6.98. The fourth-order valence-electron chi connectivity index (χ4n) is 2.20. The van der Waals surface area contributed by atoms with Crippen LogP contribution in [0.15, 0.2) is 23.1 Å². The van der Waals surface area contributed by atoms with E-state index in [1.165, 1.54) is 36.3 Å². The smallest absolute Gasteiger partial charge is 0.245 e. The van der Waals surface area contributed by atoms with Crippen LogP contribution in [0.25, 0.3) is 0 Å². The van der Waals surface area contributed by atoms with Crippen molar-refractivity contribution in [3.63, 3.8) is 0 Å². The standard InChI is InChI=1S/C14H19FN2O2S/c1-17(12-5-6-12)20(18,19)14-7-2-10(8-13(14)15)9-16-11-3-4-11/h2,7-8,11-12,16H,3-6,9H2,1H3. The number of nitrogens with one attached hydrogen (secondary N) is 1. The summed E-state index contributed by atoms with van der Waals surface area (Å²) in [5, 5.41) is 3.28. The third kappa shape index (κ3) is 2.87. The van der Waals surface area contributed by atoms with E-state index >= 15 is 0 Å². The Kier molecular flexibility index (Phi) is 3.56. The van der Waals surface area contributed by atoms with Crippen molar-refractivity contribution in [1.82, 2.24) is 9.62 Å². The highest BCUT2D eigenvalue weighted by Crippen LogP contribution is 2.31. The third-order valence-electron chi connectivity index (χ3n) is 3.89. The number of rotatable bonds is 6. The SMILES string of the molecule is CN(C1CC1)S(=O)(=O)c1ccc(CNC2CC2)cc1F. The summed E-state index contributed by atoms with van der Waals surface area (Å²) < 4.78 is 40.0. The second-order valence-corrected chi connectivity index (χ2v) is 7.64. The molecule has 0 spiro atoms. The second kappa shape index (κ2) is 5.09. The summed E-state index contributed by atoms with van der Waals surface area (Å²) in [6, 6.07) is 4.97. The van der Waals surface area contributed by atoms with Gasteiger partial charge in [-0.25, -0.2) is 12.8 Å². The van der Waals surface area contributed by atoms with E-state index in [2.05, 4.69) is 5.32 Å². The Hall–Kier alpha value is -0.980. The zero-order chi connectivity index (χ0) is 14.3. The van der Waals surface area contributed by atoms with E-state index in [0.29, 0.717) is 12.6 Å². The van der Waals surface area contributed by atoms with Crippen LogP contribution in [0, 0.1) is 5.82 Å². The van der Waals surface area contributed by atoms with Gasteiger partial charge in [-0.2, -0.15) is 4.31 Å². The van der Waals surface area contributed by atoms with Crippen molar-refractivity contribution in [2.24, 2.45) is 0 Å². The van der Waals surface area contributed by atoms with Crippen LogP contribution in [0.5, 0.6) is 0 Å². The molecule has 0 radical (unpaired) electrons. The fourth-order valence-corrected chi connectivity index (χ4v) is 3.66. The average molecular weight is 298 g/mol. The summed E-state index contributed by atoms with van der Waals surface area (Å²) in [6.07, 6.45) is 4.06. The first-order valence-corrected chi connectivity index (χ1v) is 8.42. The molecule has 0 amide bonds. The molecule has 1 aromatic carbocycles. The topological polar surface area (TPSA) is 49.4 Å². The normalized spacial score (nSPS) is 19.6. The number of nitrogens with zero attached hydrogens (tertiary/aromatic N) is 1. The lowest BCUT2D eigenvalue weighted by Crippen LogP contribution is -2.29. The summed E-state index contributed by atoms with van der Waals surface area (Å²) in [7, 11) is -2.18. The number of sulfonamides is 1. The molecule has 0 atom stereocenters. The Morgan fingerprint density at radius 3 is 2.55 bits per heavy atom. The zero-order valence-electron chi connectivity index (χ0n) is 11.5. The van der Waals surface area contributed by atoms with Gasteiger partial charge in [0.2, 0.25) is 10.0 Å². The van der Waals surface area contributed by atoms with E-state index < -0.39 is 15.8 Å². The Bertz CT molecular complexity index is 610. The Morgan fingerprint density at radius 1 is 1.30 bits per heavy atom. The highest BCUT2D eigenvalue weighted by Gasteiger charge is 2.36. The van der Waals surface area contributed by atoms with Gasteiger partial charge in [0, 0.05) is 25.7 Å². The molecule has 0 heterocycles. The number of hydrogen-bond acceptors (Lipinski definition) is 3. The highest BCUT2D eigenvalue weighted by atomic mass is 32.2. The number of hydrogen-bond donors (Lipinski definition) is 1. The largest absolute Gasteiger partial charge is 0.310 e. The van der Waals surface area contributed by atoms with Gasteiger partial charge in [-0.15, -0.1) is 0 Å². The molecule has 0 aliphatic heterocycles. The lowest BCUT2D eigenvalue weighted by molar-refractivity contribution is 0.457. The van der Waals surface area contributed by atoms with Crippen LogP contribution < -0.4 is 5.32 Å². The summed E-state index contributed by atoms with van der Waals surface area (Å²) in [4.78, 5) is -0.220. The van der Waals surface area contributed by atoms with E-state index in [1.54, 1.807) is 6.07 Å². The van der Waals surface area contributed by atoms with Crippen LogP contribution in [-0.4, -0.2) is 31.9 Å². The molecule has 20 heavy (non-hydrogen) atoms. The van der Waals surface area contributed by atoms with Crippen LogP contribution in [0.1, 0.15) is 31.2 Å². The van der Waals surface area contributed by atoms with Crippen LogP contribution >= 0.6 is 0 Å². The molecule has 0 bridgehead atoms. The van der Waals surface area contributed by atoms with Gasteiger partial charge in [0.05, 0.1) is 0 Å². The summed E-state index contributed by atoms with van der Waals surface area (Å²) in [5.41, 5.74) is 0.780. The summed E-state index contributed by atoms with van der Waals surface area (Å²) in [6.45, 7) is 0.584. The van der Waals surface area contributed by atoms with Gasteiger partial charge in [0.15, 0.2) is 0 Å². The molecule has 2 aliphatic rings. The van der Waals surface area contributed by atoms with Crippen molar-refractivity contribution in [2.75, 3.05) is 7.05 Å². The van der Waals surface area contributed by atoms with Crippen molar-refractivity contribution in [3.05, 3.63) is 29.6 Å². The van der Waals surface area contributed by atoms with Gasteiger partial charge in [-0.1, -0.05) is 6.07 Å². The predicted octanol–water partition coefficient (Wildman–Crippen LogP) is 1.86. The average Bonchev–Trinajstić information content (AvgIpc) is 3.28. The van der Waals surface area contributed by atoms with E-state index in [0.717, 1.165) is 18.4 Å². The third-order valence-corrected chi connectivity index (χ3v) is 5.83. The molecule has 4 nitrogen and oxygen atoms in total. The Morgan fingerprint density at radius 2 is 2.00 bits per heavy atom. The summed E-state index contributed by atoms with van der Waals surface area (Å²) in [5.74, 6) is -0.660. The minimum atomic E-state index is -3.70. The lowest BCUT2D eigenvalue weighted by atomic mass is 10.2. The van der Waals surface area contributed by atoms with Crippen LogP contribution in [0.3, 0.4) is 0 Å². The van der Waals surface area contributed by atoms with Crippen molar-refractivity contribution < 1.29 is 12.8 Å². The van der Waals surface area contributed by atoms with Gasteiger partial charge >= 0.3 is 0 Å². The van der Waals surface area contributed by atoms with Gasteiger partial charge in [0.25, 0.3) is 0 Å².